The van der Waals surface area contributed by atoms with Crippen LogP contribution in [0.15, 0.2) is 64.7 Å². The Balaban J connectivity index is 1.70. The highest BCUT2D eigenvalue weighted by molar-refractivity contribution is 7.99. The van der Waals surface area contributed by atoms with Crippen molar-refractivity contribution in [2.75, 3.05) is 18.2 Å². The van der Waals surface area contributed by atoms with Crippen LogP contribution in [-0.2, 0) is 4.79 Å². The van der Waals surface area contributed by atoms with Crippen molar-refractivity contribution >= 4 is 23.4 Å². The third kappa shape index (κ3) is 4.80. The molecule has 1 amide bonds. The van der Waals surface area contributed by atoms with Gasteiger partial charge in [0.25, 0.3) is 5.56 Å². The molecule has 7 heteroatoms. The summed E-state index contributed by atoms with van der Waals surface area (Å²) in [5.74, 6) is 0.594. The largest absolute Gasteiger partial charge is 0.497 e. The minimum atomic E-state index is -0.241. The highest BCUT2D eigenvalue weighted by Crippen LogP contribution is 2.17. The summed E-state index contributed by atoms with van der Waals surface area (Å²) in [6.45, 7) is 3.98. The first-order valence-corrected chi connectivity index (χ1v) is 9.68. The predicted molar refractivity (Wildman–Crippen MR) is 112 cm³/mol. The van der Waals surface area contributed by atoms with Gasteiger partial charge in [0, 0.05) is 23.8 Å². The molecule has 0 saturated carbocycles. The minimum absolute atomic E-state index is 0.0884. The number of anilines is 1. The topological polar surface area (TPSA) is 73.2 Å². The molecule has 0 spiro atoms. The van der Waals surface area contributed by atoms with Gasteiger partial charge in [-0.3, -0.25) is 14.2 Å². The van der Waals surface area contributed by atoms with Gasteiger partial charge in [-0.25, -0.2) is 4.98 Å². The molecular weight excluding hydrogens is 374 g/mol. The Labute approximate surface area is 167 Å². The molecule has 1 N–H and O–H groups in total. The molecule has 144 valence electrons. The lowest BCUT2D eigenvalue weighted by molar-refractivity contribution is -0.113. The zero-order valence-corrected chi connectivity index (χ0v) is 16.7. The summed E-state index contributed by atoms with van der Waals surface area (Å²) in [5.41, 5.74) is 3.36. The van der Waals surface area contributed by atoms with Crippen LogP contribution in [0, 0.1) is 13.8 Å². The monoisotopic (exact) mass is 395 g/mol. The van der Waals surface area contributed by atoms with E-state index in [-0.39, 0.29) is 22.2 Å². The van der Waals surface area contributed by atoms with Crippen LogP contribution >= 0.6 is 11.8 Å². The van der Waals surface area contributed by atoms with Crippen LogP contribution < -0.4 is 15.6 Å². The fraction of sp³-hybridized carbons (Fsp3) is 0.190. The number of aryl methyl sites for hydroxylation is 2. The van der Waals surface area contributed by atoms with Crippen LogP contribution in [0.5, 0.6) is 5.75 Å². The van der Waals surface area contributed by atoms with E-state index in [1.807, 2.05) is 26.0 Å². The first kappa shape index (κ1) is 19.7. The third-order valence-corrected chi connectivity index (χ3v) is 4.97. The Morgan fingerprint density at radius 3 is 2.46 bits per heavy atom. The number of hydrogen-bond acceptors (Lipinski definition) is 5. The lowest BCUT2D eigenvalue weighted by Gasteiger charge is -2.10. The maximum Gasteiger partial charge on any atom is 0.287 e. The fourth-order valence-electron chi connectivity index (χ4n) is 2.79. The van der Waals surface area contributed by atoms with E-state index in [0.717, 1.165) is 28.6 Å². The second kappa shape index (κ2) is 8.75. The summed E-state index contributed by atoms with van der Waals surface area (Å²) in [7, 11) is 1.59. The van der Waals surface area contributed by atoms with Crippen LogP contribution in [0.2, 0.25) is 0 Å². The molecule has 0 fully saturated rings. The Bertz CT molecular complexity index is 1030. The standard InChI is InChI=1S/C21H21N3O3S/c1-14-10-15(2)12-17(11-14)24-9-8-22-20(21(24)26)28-13-19(25)23-16-4-6-18(27-3)7-5-16/h4-12H,13H2,1-3H3,(H,23,25). The van der Waals surface area contributed by atoms with Gasteiger partial charge in [-0.1, -0.05) is 17.8 Å². The number of nitrogens with zero attached hydrogens (tertiary/aromatic N) is 2. The van der Waals surface area contributed by atoms with E-state index in [1.165, 1.54) is 0 Å². The molecule has 0 aliphatic heterocycles. The minimum Gasteiger partial charge on any atom is -0.497 e. The van der Waals surface area contributed by atoms with E-state index in [4.69, 9.17) is 4.74 Å². The second-order valence-corrected chi connectivity index (χ2v) is 7.28. The van der Waals surface area contributed by atoms with E-state index < -0.39 is 0 Å². The highest BCUT2D eigenvalue weighted by Gasteiger charge is 2.11. The first-order chi connectivity index (χ1) is 13.5. The zero-order chi connectivity index (χ0) is 20.1. The number of aromatic nitrogens is 2. The molecule has 1 aromatic heterocycles. The van der Waals surface area contributed by atoms with Crippen LogP contribution in [0.1, 0.15) is 11.1 Å². The van der Waals surface area contributed by atoms with Gasteiger partial charge in [-0.2, -0.15) is 0 Å². The Morgan fingerprint density at radius 2 is 1.82 bits per heavy atom. The van der Waals surface area contributed by atoms with Crippen LogP contribution in [0.4, 0.5) is 5.69 Å². The smallest absolute Gasteiger partial charge is 0.287 e. The molecule has 2 aromatic carbocycles. The van der Waals surface area contributed by atoms with Gasteiger partial charge in [0.05, 0.1) is 12.9 Å². The van der Waals surface area contributed by atoms with Crippen molar-refractivity contribution in [2.45, 2.75) is 18.9 Å². The number of ether oxygens (including phenoxy) is 1. The van der Waals surface area contributed by atoms with Gasteiger partial charge in [0.2, 0.25) is 5.91 Å². The normalized spacial score (nSPS) is 10.5. The van der Waals surface area contributed by atoms with E-state index in [1.54, 1.807) is 48.3 Å². The molecule has 0 aliphatic rings. The van der Waals surface area contributed by atoms with Crippen molar-refractivity contribution in [1.29, 1.82) is 0 Å². The second-order valence-electron chi connectivity index (χ2n) is 6.32. The lowest BCUT2D eigenvalue weighted by atomic mass is 10.1. The number of nitrogens with one attached hydrogen (secondary N) is 1. The van der Waals surface area contributed by atoms with Crippen LogP contribution in [0.25, 0.3) is 5.69 Å². The molecule has 6 nitrogen and oxygen atoms in total. The quantitative estimate of drug-likeness (QED) is 0.646. The average Bonchev–Trinajstić information content (AvgIpc) is 2.67. The summed E-state index contributed by atoms with van der Waals surface area (Å²) in [6.07, 6.45) is 3.21. The van der Waals surface area contributed by atoms with E-state index >= 15 is 0 Å². The predicted octanol–water partition coefficient (Wildman–Crippen LogP) is 3.59. The molecule has 0 radical (unpaired) electrons. The summed E-state index contributed by atoms with van der Waals surface area (Å²) in [4.78, 5) is 29.1. The van der Waals surface area contributed by atoms with Gasteiger partial charge in [-0.15, -0.1) is 0 Å². The molecule has 3 aromatic rings. The number of carbonyl (C=O) groups excluding carboxylic acids is 1. The Kier molecular flexibility index (Phi) is 6.16. The van der Waals surface area contributed by atoms with Crippen LogP contribution in [-0.4, -0.2) is 28.3 Å². The molecule has 0 atom stereocenters. The van der Waals surface area contributed by atoms with Gasteiger partial charge in [0.15, 0.2) is 5.03 Å². The van der Waals surface area contributed by atoms with Crippen LogP contribution in [0.3, 0.4) is 0 Å². The summed E-state index contributed by atoms with van der Waals surface area (Å²) in [5, 5.41) is 3.08. The first-order valence-electron chi connectivity index (χ1n) is 8.69. The molecule has 0 bridgehead atoms. The lowest BCUT2D eigenvalue weighted by Crippen LogP contribution is -2.22. The Morgan fingerprint density at radius 1 is 1.14 bits per heavy atom. The maximum atomic E-state index is 12.8. The van der Waals surface area contributed by atoms with Gasteiger partial charge < -0.3 is 10.1 Å². The molecule has 0 aliphatic carbocycles. The summed E-state index contributed by atoms with van der Waals surface area (Å²) < 4.78 is 6.65. The van der Waals surface area contributed by atoms with Gasteiger partial charge >= 0.3 is 0 Å². The molecule has 1 heterocycles. The summed E-state index contributed by atoms with van der Waals surface area (Å²) >= 11 is 1.12. The third-order valence-electron chi connectivity index (χ3n) is 4.01. The van der Waals surface area contributed by atoms with Crippen molar-refractivity contribution in [1.82, 2.24) is 9.55 Å². The van der Waals surface area contributed by atoms with E-state index in [0.29, 0.717) is 11.4 Å². The number of rotatable bonds is 6. The maximum absolute atomic E-state index is 12.8. The molecule has 0 unspecified atom stereocenters. The summed E-state index contributed by atoms with van der Waals surface area (Å²) in [6, 6.07) is 13.0. The number of hydrogen-bond donors (Lipinski definition) is 1. The number of amides is 1. The van der Waals surface area contributed by atoms with Crippen molar-refractivity contribution in [3.8, 4) is 11.4 Å². The molecular formula is C21H21N3O3S. The van der Waals surface area contributed by atoms with E-state index in [2.05, 4.69) is 16.4 Å². The number of thioether (sulfide) groups is 1. The molecule has 28 heavy (non-hydrogen) atoms. The average molecular weight is 395 g/mol. The van der Waals surface area contributed by atoms with Crippen molar-refractivity contribution in [2.24, 2.45) is 0 Å². The van der Waals surface area contributed by atoms with Gasteiger partial charge in [-0.05, 0) is 61.4 Å². The fourth-order valence-corrected chi connectivity index (χ4v) is 3.49. The van der Waals surface area contributed by atoms with E-state index in [9.17, 15) is 9.59 Å². The number of benzene rings is 2. The highest BCUT2D eigenvalue weighted by atomic mass is 32.2. The van der Waals surface area contributed by atoms with Crippen molar-refractivity contribution in [3.63, 3.8) is 0 Å². The number of carbonyl (C=O) groups is 1. The SMILES string of the molecule is COc1ccc(NC(=O)CSc2nccn(-c3cc(C)cc(C)c3)c2=O)cc1. The molecule has 3 rings (SSSR count). The zero-order valence-electron chi connectivity index (χ0n) is 15.9. The van der Waals surface area contributed by atoms with Crippen molar-refractivity contribution in [3.05, 3.63) is 76.3 Å². The Hall–Kier alpha value is -3.06. The van der Waals surface area contributed by atoms with Gasteiger partial charge in [0.1, 0.15) is 5.75 Å². The van der Waals surface area contributed by atoms with Crippen molar-refractivity contribution < 1.29 is 9.53 Å². The molecule has 0 saturated heterocycles. The number of methoxy groups -OCH3 is 1.